The lowest BCUT2D eigenvalue weighted by Crippen LogP contribution is -2.34. The van der Waals surface area contributed by atoms with Gasteiger partial charge < -0.3 is 19.8 Å². The van der Waals surface area contributed by atoms with Crippen LogP contribution in [0.1, 0.15) is 23.3 Å². The average molecular weight is 464 g/mol. The average Bonchev–Trinajstić information content (AvgIpc) is 3.03. The number of aromatic nitrogens is 3. The predicted octanol–water partition coefficient (Wildman–Crippen LogP) is 4.78. The van der Waals surface area contributed by atoms with E-state index in [1.54, 1.807) is 18.2 Å². The van der Waals surface area contributed by atoms with Crippen molar-refractivity contribution >= 4 is 45.1 Å². The number of furan rings is 1. The number of carbonyl (C=O) groups is 1. The fourth-order valence-corrected chi connectivity index (χ4v) is 3.62. The number of amides is 1. The standard InChI is InChI=1S/C20H13ClF3N5O3/c1-8-7-25-16-15-9-2-5-13(32-14-6-12(21)28-19(29-14)20(22,23)24)27-10(9)3-4-11(15)31-17(16)18(30)26-8/h2-6,8,25H,7H2,1H3,(H,26,30)/t8-/m1/s1. The number of hydrogen-bond acceptors (Lipinski definition) is 7. The van der Waals surface area contributed by atoms with Gasteiger partial charge in [-0.3, -0.25) is 4.79 Å². The van der Waals surface area contributed by atoms with Gasteiger partial charge in [0, 0.05) is 30.1 Å². The van der Waals surface area contributed by atoms with E-state index < -0.39 is 23.0 Å². The summed E-state index contributed by atoms with van der Waals surface area (Å²) in [6.45, 7) is 2.38. The van der Waals surface area contributed by atoms with Crippen LogP contribution in [0, 0.1) is 0 Å². The van der Waals surface area contributed by atoms with Crippen LogP contribution in [0.25, 0.3) is 21.9 Å². The molecule has 164 valence electrons. The summed E-state index contributed by atoms with van der Waals surface area (Å²) in [5.41, 5.74) is 1.53. The molecular formula is C20H13ClF3N5O3. The molecule has 12 heteroatoms. The van der Waals surface area contributed by atoms with Gasteiger partial charge in [-0.2, -0.15) is 18.2 Å². The second-order valence-corrected chi connectivity index (χ2v) is 7.56. The first-order valence-electron chi connectivity index (χ1n) is 9.39. The smallest absolute Gasteiger partial charge is 0.449 e. The molecular weight excluding hydrogens is 451 g/mol. The fraction of sp³-hybridized carbons (Fsp3) is 0.200. The van der Waals surface area contributed by atoms with Crippen LogP contribution in [0.3, 0.4) is 0 Å². The highest BCUT2D eigenvalue weighted by molar-refractivity contribution is 6.29. The van der Waals surface area contributed by atoms with Crippen molar-refractivity contribution < 1.29 is 27.1 Å². The van der Waals surface area contributed by atoms with Crippen molar-refractivity contribution in [3.63, 3.8) is 0 Å². The number of rotatable bonds is 2. The van der Waals surface area contributed by atoms with E-state index in [0.717, 1.165) is 6.07 Å². The Morgan fingerprint density at radius 2 is 1.97 bits per heavy atom. The van der Waals surface area contributed by atoms with Gasteiger partial charge in [0.15, 0.2) is 0 Å². The minimum absolute atomic E-state index is 0.00801. The largest absolute Gasteiger partial charge is 0.451 e. The molecule has 1 amide bonds. The summed E-state index contributed by atoms with van der Waals surface area (Å²) in [6, 6.07) is 7.44. The Morgan fingerprint density at radius 3 is 2.75 bits per heavy atom. The van der Waals surface area contributed by atoms with Gasteiger partial charge in [0.1, 0.15) is 10.7 Å². The van der Waals surface area contributed by atoms with E-state index in [2.05, 4.69) is 25.6 Å². The highest BCUT2D eigenvalue weighted by Crippen LogP contribution is 2.38. The zero-order valence-corrected chi connectivity index (χ0v) is 17.0. The molecule has 0 fully saturated rings. The zero-order valence-electron chi connectivity index (χ0n) is 16.2. The number of carbonyl (C=O) groups excluding carboxylic acids is 1. The summed E-state index contributed by atoms with van der Waals surface area (Å²) in [7, 11) is 0. The van der Waals surface area contributed by atoms with Gasteiger partial charge in [0.2, 0.25) is 23.3 Å². The minimum Gasteiger partial charge on any atom is -0.449 e. The number of halogens is 4. The maximum atomic E-state index is 12.9. The summed E-state index contributed by atoms with van der Waals surface area (Å²) in [5, 5.41) is 6.99. The van der Waals surface area contributed by atoms with Crippen LogP contribution in [0.4, 0.5) is 18.9 Å². The molecule has 3 aromatic heterocycles. The molecule has 1 atom stereocenters. The molecule has 0 saturated heterocycles. The summed E-state index contributed by atoms with van der Waals surface area (Å²) in [6.07, 6.45) is -4.78. The quantitative estimate of drug-likeness (QED) is 0.412. The van der Waals surface area contributed by atoms with Crippen molar-refractivity contribution in [2.75, 3.05) is 11.9 Å². The van der Waals surface area contributed by atoms with E-state index in [1.807, 2.05) is 6.92 Å². The first-order chi connectivity index (χ1) is 15.2. The van der Waals surface area contributed by atoms with Gasteiger partial charge in [0.25, 0.3) is 5.91 Å². The van der Waals surface area contributed by atoms with E-state index in [0.29, 0.717) is 34.1 Å². The molecule has 2 N–H and O–H groups in total. The molecule has 0 unspecified atom stereocenters. The highest BCUT2D eigenvalue weighted by Gasteiger charge is 2.35. The molecule has 0 aliphatic carbocycles. The lowest BCUT2D eigenvalue weighted by molar-refractivity contribution is -0.145. The van der Waals surface area contributed by atoms with Gasteiger partial charge in [-0.25, -0.2) is 9.97 Å². The molecule has 0 spiro atoms. The Balaban J connectivity index is 1.57. The maximum Gasteiger partial charge on any atom is 0.451 e. The van der Waals surface area contributed by atoms with Crippen molar-refractivity contribution in [3.8, 4) is 11.8 Å². The molecule has 4 heterocycles. The van der Waals surface area contributed by atoms with Crippen LogP contribution in [0.5, 0.6) is 11.8 Å². The number of nitrogens with zero attached hydrogens (tertiary/aromatic N) is 3. The number of fused-ring (bicyclic) bond motifs is 5. The fourth-order valence-electron chi connectivity index (χ4n) is 3.45. The third-order valence-corrected chi connectivity index (χ3v) is 4.99. The Labute approximate surface area is 182 Å². The third kappa shape index (κ3) is 3.54. The van der Waals surface area contributed by atoms with Crippen LogP contribution < -0.4 is 15.4 Å². The Kier molecular flexibility index (Phi) is 4.59. The van der Waals surface area contributed by atoms with E-state index in [9.17, 15) is 18.0 Å². The highest BCUT2D eigenvalue weighted by atomic mass is 35.5. The number of hydrogen-bond donors (Lipinski definition) is 2. The number of benzene rings is 1. The molecule has 4 aromatic rings. The van der Waals surface area contributed by atoms with Crippen molar-refractivity contribution in [2.45, 2.75) is 19.1 Å². The maximum absolute atomic E-state index is 12.9. The molecule has 0 bridgehead atoms. The number of pyridine rings is 1. The topological polar surface area (TPSA) is 102 Å². The first kappa shape index (κ1) is 20.3. The Morgan fingerprint density at radius 1 is 1.16 bits per heavy atom. The zero-order chi connectivity index (χ0) is 22.6. The van der Waals surface area contributed by atoms with E-state index >= 15 is 0 Å². The molecule has 0 radical (unpaired) electrons. The lowest BCUT2D eigenvalue weighted by atomic mass is 10.1. The number of anilines is 1. The number of ether oxygens (including phenoxy) is 1. The SMILES string of the molecule is C[C@@H]1CNc2c(oc3ccc4nc(Oc5cc(Cl)nc(C(F)(F)F)n5)ccc4c23)C(=O)N1. The van der Waals surface area contributed by atoms with Crippen molar-refractivity contribution in [1.82, 2.24) is 20.3 Å². The summed E-state index contributed by atoms with van der Waals surface area (Å²) < 4.78 is 50.0. The van der Waals surface area contributed by atoms with E-state index in [1.165, 1.54) is 6.07 Å². The molecule has 8 nitrogen and oxygen atoms in total. The van der Waals surface area contributed by atoms with Crippen LogP contribution in [0.2, 0.25) is 5.15 Å². The van der Waals surface area contributed by atoms with E-state index in [-0.39, 0.29) is 23.6 Å². The van der Waals surface area contributed by atoms with Gasteiger partial charge in [-0.05, 0) is 25.1 Å². The summed E-state index contributed by atoms with van der Waals surface area (Å²) in [5.74, 6) is -1.95. The molecule has 1 aliphatic heterocycles. The van der Waals surface area contributed by atoms with Crippen LogP contribution in [-0.2, 0) is 6.18 Å². The third-order valence-electron chi connectivity index (χ3n) is 4.80. The van der Waals surface area contributed by atoms with Crippen LogP contribution in [0.15, 0.2) is 34.7 Å². The summed E-state index contributed by atoms with van der Waals surface area (Å²) >= 11 is 5.67. The first-order valence-corrected chi connectivity index (χ1v) is 9.77. The molecule has 0 saturated carbocycles. The minimum atomic E-state index is -4.78. The van der Waals surface area contributed by atoms with Crippen molar-refractivity contribution in [2.24, 2.45) is 0 Å². The molecule has 5 rings (SSSR count). The van der Waals surface area contributed by atoms with Crippen molar-refractivity contribution in [3.05, 3.63) is 47.1 Å². The lowest BCUT2D eigenvalue weighted by Gasteiger charge is -2.10. The monoisotopic (exact) mass is 463 g/mol. The van der Waals surface area contributed by atoms with Crippen LogP contribution in [-0.4, -0.2) is 33.4 Å². The second-order valence-electron chi connectivity index (χ2n) is 7.17. The predicted molar refractivity (Wildman–Crippen MR) is 109 cm³/mol. The van der Waals surface area contributed by atoms with Gasteiger partial charge >= 0.3 is 6.18 Å². The number of alkyl halides is 3. The van der Waals surface area contributed by atoms with Crippen LogP contribution >= 0.6 is 11.6 Å². The van der Waals surface area contributed by atoms with Gasteiger partial charge in [-0.15, -0.1) is 0 Å². The molecule has 1 aromatic carbocycles. The van der Waals surface area contributed by atoms with Gasteiger partial charge in [0.05, 0.1) is 16.6 Å². The van der Waals surface area contributed by atoms with Crippen molar-refractivity contribution in [1.29, 1.82) is 0 Å². The summed E-state index contributed by atoms with van der Waals surface area (Å²) in [4.78, 5) is 23.3. The molecule has 32 heavy (non-hydrogen) atoms. The Hall–Kier alpha value is -3.60. The van der Waals surface area contributed by atoms with Gasteiger partial charge in [-0.1, -0.05) is 11.6 Å². The van der Waals surface area contributed by atoms with E-state index in [4.69, 9.17) is 20.8 Å². The number of nitrogens with one attached hydrogen (secondary N) is 2. The molecule has 1 aliphatic rings. The normalized spacial score (nSPS) is 16.4. The second kappa shape index (κ2) is 7.23. The Bertz CT molecular complexity index is 1390.